The Morgan fingerprint density at radius 2 is 0.514 bits per heavy atom. The molecule has 0 aliphatic heterocycles. The molecule has 0 fully saturated rings. The number of hydrogen-bond acceptors (Lipinski definition) is 3. The van der Waals surface area contributed by atoms with Crippen molar-refractivity contribution in [2.24, 2.45) is 0 Å². The molecule has 0 rings (SSSR count). The van der Waals surface area contributed by atoms with Gasteiger partial charge in [0.2, 0.25) is 0 Å². The average Bonchev–Trinajstić information content (AvgIpc) is 2.90. The minimum absolute atomic E-state index is 0.472. The summed E-state index contributed by atoms with van der Waals surface area (Å²) in [6.45, 7) is 5.59. The molecule has 0 radical (unpaired) electrons. The van der Waals surface area contributed by atoms with Crippen LogP contribution in [0.25, 0.3) is 0 Å². The summed E-state index contributed by atoms with van der Waals surface area (Å²) in [6, 6.07) is 0. The van der Waals surface area contributed by atoms with Gasteiger partial charge < -0.3 is 9.47 Å². The van der Waals surface area contributed by atoms with Gasteiger partial charge in [-0.3, -0.25) is 0 Å². The number of carbonyl (C=O) groups excluding carboxylic acids is 1. The van der Waals surface area contributed by atoms with Gasteiger partial charge in [-0.05, 0) is 12.8 Å². The fraction of sp³-hybridized carbons (Fsp3) is 0.971. The first-order chi connectivity index (χ1) is 18.3. The van der Waals surface area contributed by atoms with Crippen molar-refractivity contribution in [1.29, 1.82) is 0 Å². The first kappa shape index (κ1) is 36.3. The zero-order valence-electron chi connectivity index (χ0n) is 25.6. The van der Waals surface area contributed by atoms with E-state index in [-0.39, 0.29) is 0 Å². The van der Waals surface area contributed by atoms with E-state index in [0.717, 1.165) is 25.7 Å². The van der Waals surface area contributed by atoms with E-state index in [1.165, 1.54) is 161 Å². The van der Waals surface area contributed by atoms with Gasteiger partial charge in [-0.25, -0.2) is 4.79 Å². The van der Waals surface area contributed by atoms with Crippen molar-refractivity contribution in [3.63, 3.8) is 0 Å². The Morgan fingerprint density at radius 3 is 0.730 bits per heavy atom. The molecule has 0 saturated heterocycles. The summed E-state index contributed by atoms with van der Waals surface area (Å²) in [7, 11) is 0. The molecule has 3 nitrogen and oxygen atoms in total. The van der Waals surface area contributed by atoms with Crippen LogP contribution in [-0.4, -0.2) is 19.4 Å². The van der Waals surface area contributed by atoms with E-state index in [0.29, 0.717) is 13.2 Å². The predicted molar refractivity (Wildman–Crippen MR) is 163 cm³/mol. The summed E-state index contributed by atoms with van der Waals surface area (Å²) in [5.41, 5.74) is 0. The zero-order valence-corrected chi connectivity index (χ0v) is 25.6. The van der Waals surface area contributed by atoms with Gasteiger partial charge >= 0.3 is 6.16 Å². The fourth-order valence-electron chi connectivity index (χ4n) is 5.12. The molecule has 222 valence electrons. The first-order valence-electron chi connectivity index (χ1n) is 17.1. The van der Waals surface area contributed by atoms with Crippen molar-refractivity contribution < 1.29 is 14.3 Å². The van der Waals surface area contributed by atoms with Gasteiger partial charge in [0, 0.05) is 0 Å². The van der Waals surface area contributed by atoms with Crippen LogP contribution in [0.15, 0.2) is 0 Å². The van der Waals surface area contributed by atoms with E-state index in [1.807, 2.05) is 0 Å². The van der Waals surface area contributed by atoms with Crippen LogP contribution in [-0.2, 0) is 9.47 Å². The Labute approximate surface area is 233 Å². The van der Waals surface area contributed by atoms with Gasteiger partial charge in [-0.15, -0.1) is 0 Å². The molecule has 0 unspecified atom stereocenters. The van der Waals surface area contributed by atoms with Crippen LogP contribution in [0.4, 0.5) is 4.79 Å². The molecule has 0 aromatic heterocycles. The van der Waals surface area contributed by atoms with Crippen LogP contribution in [0.3, 0.4) is 0 Å². The van der Waals surface area contributed by atoms with Crippen molar-refractivity contribution >= 4 is 6.16 Å². The Balaban J connectivity index is 3.14. The Morgan fingerprint density at radius 1 is 0.324 bits per heavy atom. The molecule has 37 heavy (non-hydrogen) atoms. The second kappa shape index (κ2) is 33.3. The molecular formula is C34H68O3. The predicted octanol–water partition coefficient (Wildman–Crippen LogP) is 12.5. The van der Waals surface area contributed by atoms with Gasteiger partial charge in [0.25, 0.3) is 0 Å². The van der Waals surface area contributed by atoms with E-state index in [1.54, 1.807) is 0 Å². The quantitative estimate of drug-likeness (QED) is 0.0668. The van der Waals surface area contributed by atoms with Crippen molar-refractivity contribution in [3.05, 3.63) is 0 Å². The smallest absolute Gasteiger partial charge is 0.434 e. The summed E-state index contributed by atoms with van der Waals surface area (Å²) in [5, 5.41) is 0. The third-order valence-electron chi connectivity index (χ3n) is 7.69. The summed E-state index contributed by atoms with van der Waals surface area (Å²) in [6.07, 6.45) is 38.5. The molecule has 0 aromatic carbocycles. The number of ether oxygens (including phenoxy) is 2. The highest BCUT2D eigenvalue weighted by molar-refractivity contribution is 5.59. The lowest BCUT2D eigenvalue weighted by atomic mass is 10.0. The standard InChI is InChI=1S/C34H68O3/c1-3-5-7-9-11-13-15-17-19-21-23-25-27-29-31-33-37-34(35)36-32-30-28-26-24-22-20-18-16-14-12-10-8-6-4-2/h3-33H2,1-2H3. The Hall–Kier alpha value is -0.730. The second-order valence-electron chi connectivity index (χ2n) is 11.5. The van der Waals surface area contributed by atoms with Crippen LogP contribution in [0.2, 0.25) is 0 Å². The van der Waals surface area contributed by atoms with Gasteiger partial charge in [0.15, 0.2) is 0 Å². The molecule has 0 heterocycles. The van der Waals surface area contributed by atoms with Crippen LogP contribution >= 0.6 is 0 Å². The highest BCUT2D eigenvalue weighted by Gasteiger charge is 2.03. The summed E-state index contributed by atoms with van der Waals surface area (Å²) < 4.78 is 10.4. The molecule has 0 bridgehead atoms. The monoisotopic (exact) mass is 525 g/mol. The van der Waals surface area contributed by atoms with E-state index >= 15 is 0 Å². The third-order valence-corrected chi connectivity index (χ3v) is 7.69. The van der Waals surface area contributed by atoms with Crippen molar-refractivity contribution in [3.8, 4) is 0 Å². The van der Waals surface area contributed by atoms with Crippen LogP contribution in [0, 0.1) is 0 Å². The maximum absolute atomic E-state index is 11.7. The molecule has 3 heteroatoms. The van der Waals surface area contributed by atoms with Crippen LogP contribution in [0.5, 0.6) is 0 Å². The SMILES string of the molecule is CCCCCCCCCCCCCCCCCOC(=O)OCCCCCCCCCCCCCCCC. The molecule has 0 N–H and O–H groups in total. The van der Waals surface area contributed by atoms with Gasteiger partial charge in [0.1, 0.15) is 0 Å². The molecule has 0 aliphatic carbocycles. The Bertz CT molecular complexity index is 423. The average molecular weight is 525 g/mol. The summed E-state index contributed by atoms with van der Waals surface area (Å²) in [5.74, 6) is 0. The first-order valence-corrected chi connectivity index (χ1v) is 17.1. The second-order valence-corrected chi connectivity index (χ2v) is 11.5. The van der Waals surface area contributed by atoms with Crippen molar-refractivity contribution in [2.45, 2.75) is 200 Å². The molecule has 0 spiro atoms. The molecular weight excluding hydrogens is 456 g/mol. The van der Waals surface area contributed by atoms with Gasteiger partial charge in [-0.2, -0.15) is 0 Å². The maximum atomic E-state index is 11.7. The van der Waals surface area contributed by atoms with E-state index in [9.17, 15) is 4.79 Å². The number of carbonyl (C=O) groups is 1. The minimum Gasteiger partial charge on any atom is -0.434 e. The lowest BCUT2D eigenvalue weighted by molar-refractivity contribution is 0.0529. The molecule has 0 amide bonds. The van der Waals surface area contributed by atoms with Crippen molar-refractivity contribution in [2.75, 3.05) is 13.2 Å². The lowest BCUT2D eigenvalue weighted by Gasteiger charge is -2.07. The minimum atomic E-state index is -0.472. The summed E-state index contributed by atoms with van der Waals surface area (Å²) >= 11 is 0. The zero-order chi connectivity index (χ0) is 26.9. The Kier molecular flexibility index (Phi) is 32.6. The normalized spacial score (nSPS) is 11.2. The van der Waals surface area contributed by atoms with Crippen LogP contribution in [0.1, 0.15) is 200 Å². The number of hydrogen-bond donors (Lipinski definition) is 0. The maximum Gasteiger partial charge on any atom is 0.508 e. The van der Waals surface area contributed by atoms with Gasteiger partial charge in [0.05, 0.1) is 13.2 Å². The van der Waals surface area contributed by atoms with E-state index < -0.39 is 6.16 Å². The number of unbranched alkanes of at least 4 members (excludes halogenated alkanes) is 27. The topological polar surface area (TPSA) is 35.5 Å². The fourth-order valence-corrected chi connectivity index (χ4v) is 5.12. The molecule has 0 saturated carbocycles. The molecule has 0 aliphatic rings. The van der Waals surface area contributed by atoms with Crippen molar-refractivity contribution in [1.82, 2.24) is 0 Å². The largest absolute Gasteiger partial charge is 0.508 e. The van der Waals surface area contributed by atoms with Crippen LogP contribution < -0.4 is 0 Å². The van der Waals surface area contributed by atoms with E-state index in [4.69, 9.17) is 9.47 Å². The highest BCUT2D eigenvalue weighted by Crippen LogP contribution is 2.14. The number of rotatable bonds is 31. The molecule has 0 aromatic rings. The van der Waals surface area contributed by atoms with Gasteiger partial charge in [-0.1, -0.05) is 187 Å². The lowest BCUT2D eigenvalue weighted by Crippen LogP contribution is -2.09. The van der Waals surface area contributed by atoms with E-state index in [2.05, 4.69) is 13.8 Å². The molecule has 0 atom stereocenters. The summed E-state index contributed by atoms with van der Waals surface area (Å²) in [4.78, 5) is 11.7. The third kappa shape index (κ3) is 33.2. The highest BCUT2D eigenvalue weighted by atomic mass is 16.7.